The van der Waals surface area contributed by atoms with E-state index in [1.165, 1.54) is 24.3 Å². The van der Waals surface area contributed by atoms with Crippen molar-refractivity contribution in [2.45, 2.75) is 13.5 Å². The molecule has 1 saturated heterocycles. The van der Waals surface area contributed by atoms with Crippen LogP contribution in [0.3, 0.4) is 0 Å². The van der Waals surface area contributed by atoms with Crippen LogP contribution in [0.15, 0.2) is 72.3 Å². The van der Waals surface area contributed by atoms with Gasteiger partial charge in [0.05, 0.1) is 11.7 Å². The molecule has 0 saturated carbocycles. The van der Waals surface area contributed by atoms with Crippen LogP contribution in [0.25, 0.3) is 6.08 Å². The highest BCUT2D eigenvalue weighted by molar-refractivity contribution is 6.39. The van der Waals surface area contributed by atoms with Crippen LogP contribution in [0.1, 0.15) is 27.0 Å². The molecule has 0 spiro atoms. The normalized spacial score (nSPS) is 14.7. The summed E-state index contributed by atoms with van der Waals surface area (Å²) in [6.45, 7) is 1.90. The number of nitrogens with zero attached hydrogens (tertiary/aromatic N) is 1. The van der Waals surface area contributed by atoms with Crippen LogP contribution in [-0.2, 0) is 16.2 Å². The third-order valence-corrected chi connectivity index (χ3v) is 5.73. The minimum Gasteiger partial charge on any atom is -0.545 e. The highest BCUT2D eigenvalue weighted by atomic mass is 35.5. The first kappa shape index (κ1) is 23.7. The number of carboxylic acids is 1. The standard InChI is InChI=1S/C26H19ClN2O6/c1-15-6-11-19(13-21(15)27)29-24(31)20(23(30)28-26(29)34)12-18-4-2-3-5-22(18)35-14-16-7-9-17(10-8-16)25(32)33/h2-13H,14H2,1H3,(H,32,33)(H,28,30,34)/p-1/b20-12-. The number of barbiturate groups is 1. The van der Waals surface area contributed by atoms with Crippen molar-refractivity contribution in [2.75, 3.05) is 4.90 Å². The van der Waals surface area contributed by atoms with Crippen molar-refractivity contribution in [3.05, 3.63) is 99.6 Å². The molecule has 0 radical (unpaired) electrons. The Kier molecular flexibility index (Phi) is 6.66. The van der Waals surface area contributed by atoms with Crippen LogP contribution in [0, 0.1) is 6.92 Å². The Morgan fingerprint density at radius 1 is 1.06 bits per heavy atom. The first-order chi connectivity index (χ1) is 16.7. The van der Waals surface area contributed by atoms with E-state index >= 15 is 0 Å². The highest BCUT2D eigenvalue weighted by Gasteiger charge is 2.37. The average molecular weight is 490 g/mol. The first-order valence-corrected chi connectivity index (χ1v) is 10.8. The number of imide groups is 2. The zero-order valence-corrected chi connectivity index (χ0v) is 19.2. The van der Waals surface area contributed by atoms with Crippen molar-refractivity contribution in [3.63, 3.8) is 0 Å². The van der Waals surface area contributed by atoms with Crippen molar-refractivity contribution in [1.82, 2.24) is 5.32 Å². The molecule has 9 heteroatoms. The van der Waals surface area contributed by atoms with E-state index in [9.17, 15) is 24.3 Å². The second-order valence-corrected chi connectivity index (χ2v) is 8.11. The van der Waals surface area contributed by atoms with Gasteiger partial charge in [0.15, 0.2) is 0 Å². The number of anilines is 1. The third-order valence-electron chi connectivity index (χ3n) is 5.32. The van der Waals surface area contributed by atoms with Crippen LogP contribution in [-0.4, -0.2) is 23.8 Å². The van der Waals surface area contributed by atoms with Crippen molar-refractivity contribution in [2.24, 2.45) is 0 Å². The molecule has 1 heterocycles. The molecule has 0 aliphatic carbocycles. The Labute approximate surface area is 205 Å². The first-order valence-electron chi connectivity index (χ1n) is 10.4. The Hall–Kier alpha value is -4.43. The van der Waals surface area contributed by atoms with Gasteiger partial charge < -0.3 is 14.6 Å². The number of nitrogens with one attached hydrogen (secondary N) is 1. The fourth-order valence-corrected chi connectivity index (χ4v) is 3.57. The Morgan fingerprint density at radius 2 is 1.77 bits per heavy atom. The topological polar surface area (TPSA) is 116 Å². The summed E-state index contributed by atoms with van der Waals surface area (Å²) >= 11 is 6.15. The minimum absolute atomic E-state index is 0.0506. The maximum atomic E-state index is 13.2. The number of amides is 4. The van der Waals surface area contributed by atoms with Crippen molar-refractivity contribution in [1.29, 1.82) is 0 Å². The van der Waals surface area contributed by atoms with Crippen molar-refractivity contribution in [3.8, 4) is 5.75 Å². The summed E-state index contributed by atoms with van der Waals surface area (Å²) in [5.74, 6) is -2.52. The molecule has 0 unspecified atom stereocenters. The summed E-state index contributed by atoms with van der Waals surface area (Å²) in [6, 6.07) is 16.6. The highest BCUT2D eigenvalue weighted by Crippen LogP contribution is 2.28. The SMILES string of the molecule is Cc1ccc(N2C(=O)NC(=O)/C(=C/c3ccccc3OCc3ccc(C(=O)[O-])cc3)C2=O)cc1Cl. The molecule has 1 fully saturated rings. The second-order valence-electron chi connectivity index (χ2n) is 7.70. The smallest absolute Gasteiger partial charge is 0.335 e. The number of carbonyl (C=O) groups excluding carboxylic acids is 4. The van der Waals surface area contributed by atoms with Gasteiger partial charge in [-0.25, -0.2) is 9.69 Å². The molecule has 1 aliphatic rings. The zero-order chi connectivity index (χ0) is 25.1. The monoisotopic (exact) mass is 489 g/mol. The van der Waals surface area contributed by atoms with Gasteiger partial charge >= 0.3 is 6.03 Å². The van der Waals surface area contributed by atoms with Crippen molar-refractivity contribution >= 4 is 47.2 Å². The maximum Gasteiger partial charge on any atom is 0.335 e. The van der Waals surface area contributed by atoms with Gasteiger partial charge in [0.25, 0.3) is 11.8 Å². The van der Waals surface area contributed by atoms with Gasteiger partial charge in [0.2, 0.25) is 0 Å². The van der Waals surface area contributed by atoms with Gasteiger partial charge in [-0.3, -0.25) is 14.9 Å². The molecule has 3 aromatic rings. The van der Waals surface area contributed by atoms with E-state index in [0.717, 1.165) is 10.5 Å². The number of benzene rings is 3. The number of halogens is 1. The van der Waals surface area contributed by atoms with E-state index in [1.54, 1.807) is 55.5 Å². The molecule has 3 aromatic carbocycles. The number of carbonyl (C=O) groups is 4. The quantitative estimate of drug-likeness (QED) is 0.419. The number of aryl methyl sites for hydroxylation is 1. The van der Waals surface area contributed by atoms with Gasteiger partial charge in [0, 0.05) is 10.6 Å². The molecular weight excluding hydrogens is 472 g/mol. The number of hydrogen-bond acceptors (Lipinski definition) is 6. The van der Waals surface area contributed by atoms with Crippen LogP contribution in [0.5, 0.6) is 5.75 Å². The van der Waals surface area contributed by atoms with E-state index in [1.807, 2.05) is 0 Å². The summed E-state index contributed by atoms with van der Waals surface area (Å²) < 4.78 is 5.85. The van der Waals surface area contributed by atoms with E-state index in [2.05, 4.69) is 5.32 Å². The average Bonchev–Trinajstić information content (AvgIpc) is 2.83. The lowest BCUT2D eigenvalue weighted by molar-refractivity contribution is -0.255. The maximum absolute atomic E-state index is 13.2. The lowest BCUT2D eigenvalue weighted by Crippen LogP contribution is -2.54. The largest absolute Gasteiger partial charge is 0.545 e. The fraction of sp³-hybridized carbons (Fsp3) is 0.0769. The van der Waals surface area contributed by atoms with Gasteiger partial charge in [0.1, 0.15) is 17.9 Å². The number of aromatic carboxylic acids is 1. The summed E-state index contributed by atoms with van der Waals surface area (Å²) in [5.41, 5.74) is 1.94. The van der Waals surface area contributed by atoms with Gasteiger partial charge in [-0.05, 0) is 47.9 Å². The molecule has 1 aliphatic heterocycles. The van der Waals surface area contributed by atoms with Gasteiger partial charge in [-0.1, -0.05) is 60.1 Å². The Bertz CT molecular complexity index is 1380. The van der Waals surface area contributed by atoms with Gasteiger partial charge in [-0.2, -0.15) is 0 Å². The number of carboxylic acid groups (broad SMARTS) is 1. The molecule has 8 nitrogen and oxygen atoms in total. The second kappa shape index (κ2) is 9.82. The van der Waals surface area contributed by atoms with E-state index in [0.29, 0.717) is 21.9 Å². The number of para-hydroxylation sites is 1. The Balaban J connectivity index is 1.61. The number of hydrogen-bond donors (Lipinski definition) is 1. The van der Waals surface area contributed by atoms with Crippen molar-refractivity contribution < 1.29 is 29.0 Å². The zero-order valence-electron chi connectivity index (χ0n) is 18.4. The number of rotatable bonds is 6. The van der Waals surface area contributed by atoms with Crippen LogP contribution in [0.4, 0.5) is 10.5 Å². The van der Waals surface area contributed by atoms with E-state index in [4.69, 9.17) is 16.3 Å². The number of urea groups is 1. The summed E-state index contributed by atoms with van der Waals surface area (Å²) in [6.07, 6.45) is 1.35. The molecule has 0 atom stereocenters. The summed E-state index contributed by atoms with van der Waals surface area (Å²) in [5, 5.41) is 13.5. The lowest BCUT2D eigenvalue weighted by atomic mass is 10.1. The summed E-state index contributed by atoms with van der Waals surface area (Å²) in [7, 11) is 0. The minimum atomic E-state index is -1.27. The molecule has 0 aromatic heterocycles. The van der Waals surface area contributed by atoms with Gasteiger partial charge in [-0.15, -0.1) is 0 Å². The molecule has 176 valence electrons. The van der Waals surface area contributed by atoms with E-state index in [-0.39, 0.29) is 23.4 Å². The fourth-order valence-electron chi connectivity index (χ4n) is 3.40. The molecule has 0 bridgehead atoms. The van der Waals surface area contributed by atoms with Crippen LogP contribution in [0.2, 0.25) is 5.02 Å². The lowest BCUT2D eigenvalue weighted by Gasteiger charge is -2.26. The predicted octanol–water partition coefficient (Wildman–Crippen LogP) is 3.26. The van der Waals surface area contributed by atoms with E-state index < -0.39 is 23.8 Å². The Morgan fingerprint density at radius 3 is 2.46 bits per heavy atom. The molecule has 1 N–H and O–H groups in total. The summed E-state index contributed by atoms with van der Waals surface area (Å²) in [4.78, 5) is 49.9. The van der Waals surface area contributed by atoms with Crippen LogP contribution >= 0.6 is 11.6 Å². The number of ether oxygens (including phenoxy) is 1. The molecule has 35 heavy (non-hydrogen) atoms. The molecule has 4 amide bonds. The predicted molar refractivity (Wildman–Crippen MR) is 127 cm³/mol. The molecular formula is C26H18ClN2O6-. The van der Waals surface area contributed by atoms with Crippen LogP contribution < -0.4 is 20.1 Å². The molecule has 4 rings (SSSR count). The third kappa shape index (κ3) is 5.07.